The highest BCUT2D eigenvalue weighted by atomic mass is 16.4. The number of piperazine rings is 1. The maximum atomic E-state index is 5.96. The quantitative estimate of drug-likeness (QED) is 0.398. The van der Waals surface area contributed by atoms with E-state index in [1.54, 1.807) is 0 Å². The van der Waals surface area contributed by atoms with Crippen LogP contribution in [0.15, 0.2) is 69.5 Å². The van der Waals surface area contributed by atoms with Gasteiger partial charge in [-0.1, -0.05) is 49.7 Å². The molecule has 0 unspecified atom stereocenters. The molecule has 1 fully saturated rings. The zero-order valence-corrected chi connectivity index (χ0v) is 18.8. The predicted octanol–water partition coefficient (Wildman–Crippen LogP) is 4.27. The second-order valence-corrected chi connectivity index (χ2v) is 8.38. The summed E-state index contributed by atoms with van der Waals surface area (Å²) in [7, 11) is 0. The van der Waals surface area contributed by atoms with Crippen molar-refractivity contribution in [3.63, 3.8) is 0 Å². The average Bonchev–Trinajstić information content (AvgIpc) is 3.52. The standard InChI is InChI=1S/C25H28N6O2/c1-2-9-21-16-30(17-22-26-28-24(32-22)19-10-5-3-6-11-19)14-15-31(21)18-23-27-29-25(33-23)20-12-7-4-8-13-20/h3-8,10-13,21H,2,9,14-18H2,1H3/t21-/m1/s1. The van der Waals surface area contributed by atoms with Crippen LogP contribution in [0.1, 0.15) is 31.5 Å². The minimum atomic E-state index is 0.410. The van der Waals surface area contributed by atoms with Crippen LogP contribution in [0, 0.1) is 0 Å². The summed E-state index contributed by atoms with van der Waals surface area (Å²) in [5, 5.41) is 17.0. The number of aromatic nitrogens is 4. The zero-order chi connectivity index (χ0) is 22.5. The van der Waals surface area contributed by atoms with Gasteiger partial charge in [0.2, 0.25) is 23.6 Å². The first kappa shape index (κ1) is 21.5. The van der Waals surface area contributed by atoms with Crippen molar-refractivity contribution in [2.75, 3.05) is 19.6 Å². The van der Waals surface area contributed by atoms with E-state index in [4.69, 9.17) is 8.83 Å². The maximum absolute atomic E-state index is 5.96. The first-order valence-electron chi connectivity index (χ1n) is 11.5. The molecule has 8 heteroatoms. The number of rotatable bonds is 8. The molecule has 1 saturated heterocycles. The lowest BCUT2D eigenvalue weighted by atomic mass is 10.1. The van der Waals surface area contributed by atoms with Crippen molar-refractivity contribution < 1.29 is 8.83 Å². The van der Waals surface area contributed by atoms with Gasteiger partial charge in [0.1, 0.15) is 0 Å². The summed E-state index contributed by atoms with van der Waals surface area (Å²) in [6.45, 7) is 6.33. The van der Waals surface area contributed by atoms with Crippen molar-refractivity contribution in [3.05, 3.63) is 72.4 Å². The molecule has 4 aromatic rings. The summed E-state index contributed by atoms with van der Waals surface area (Å²) >= 11 is 0. The van der Waals surface area contributed by atoms with Crippen LogP contribution in [-0.2, 0) is 13.1 Å². The van der Waals surface area contributed by atoms with Crippen molar-refractivity contribution in [1.82, 2.24) is 30.2 Å². The van der Waals surface area contributed by atoms with Crippen LogP contribution in [-0.4, -0.2) is 55.9 Å². The third-order valence-corrected chi connectivity index (χ3v) is 5.98. The van der Waals surface area contributed by atoms with Crippen molar-refractivity contribution in [3.8, 4) is 22.9 Å². The Morgan fingerprint density at radius 2 is 1.33 bits per heavy atom. The summed E-state index contributed by atoms with van der Waals surface area (Å²) in [5.41, 5.74) is 1.89. The molecule has 3 heterocycles. The van der Waals surface area contributed by atoms with Gasteiger partial charge in [-0.15, -0.1) is 20.4 Å². The first-order chi connectivity index (χ1) is 16.3. The van der Waals surface area contributed by atoms with Crippen molar-refractivity contribution >= 4 is 0 Å². The molecule has 1 aliphatic rings. The summed E-state index contributed by atoms with van der Waals surface area (Å²) < 4.78 is 11.9. The van der Waals surface area contributed by atoms with Crippen LogP contribution >= 0.6 is 0 Å². The van der Waals surface area contributed by atoms with E-state index in [9.17, 15) is 0 Å². The van der Waals surface area contributed by atoms with E-state index in [0.717, 1.165) is 43.6 Å². The summed E-state index contributed by atoms with van der Waals surface area (Å²) in [6.07, 6.45) is 2.22. The molecule has 0 radical (unpaired) electrons. The Bertz CT molecular complexity index is 1140. The lowest BCUT2D eigenvalue weighted by Gasteiger charge is -2.40. The van der Waals surface area contributed by atoms with Gasteiger partial charge in [-0.05, 0) is 30.7 Å². The van der Waals surface area contributed by atoms with Crippen LogP contribution in [0.3, 0.4) is 0 Å². The fourth-order valence-corrected chi connectivity index (χ4v) is 4.31. The Balaban J connectivity index is 1.21. The van der Waals surface area contributed by atoms with Gasteiger partial charge in [-0.25, -0.2) is 0 Å². The van der Waals surface area contributed by atoms with Crippen LogP contribution in [0.25, 0.3) is 22.9 Å². The SMILES string of the molecule is CCC[C@@H]1CN(Cc2nnc(-c3ccccc3)o2)CCN1Cc1nnc(-c2ccccc2)o1. The topological polar surface area (TPSA) is 84.3 Å². The highest BCUT2D eigenvalue weighted by molar-refractivity contribution is 5.52. The minimum Gasteiger partial charge on any atom is -0.419 e. The molecule has 2 aromatic carbocycles. The van der Waals surface area contributed by atoms with E-state index in [0.29, 0.717) is 42.7 Å². The number of benzene rings is 2. The molecule has 33 heavy (non-hydrogen) atoms. The Morgan fingerprint density at radius 1 is 0.758 bits per heavy atom. The predicted molar refractivity (Wildman–Crippen MR) is 124 cm³/mol. The van der Waals surface area contributed by atoms with E-state index >= 15 is 0 Å². The summed E-state index contributed by atoms with van der Waals surface area (Å²) in [5.74, 6) is 2.46. The average molecular weight is 445 g/mol. The highest BCUT2D eigenvalue weighted by Gasteiger charge is 2.28. The van der Waals surface area contributed by atoms with Crippen LogP contribution in [0.4, 0.5) is 0 Å². The molecular weight excluding hydrogens is 416 g/mol. The van der Waals surface area contributed by atoms with Gasteiger partial charge in [0.05, 0.1) is 13.1 Å². The van der Waals surface area contributed by atoms with E-state index < -0.39 is 0 Å². The summed E-state index contributed by atoms with van der Waals surface area (Å²) in [4.78, 5) is 4.84. The monoisotopic (exact) mass is 444 g/mol. The Labute approximate surface area is 193 Å². The van der Waals surface area contributed by atoms with E-state index in [2.05, 4.69) is 37.1 Å². The number of nitrogens with zero attached hydrogens (tertiary/aromatic N) is 6. The molecule has 170 valence electrons. The molecule has 2 aromatic heterocycles. The molecule has 0 spiro atoms. The molecule has 0 N–H and O–H groups in total. The Hall–Kier alpha value is -3.36. The fourth-order valence-electron chi connectivity index (χ4n) is 4.31. The lowest BCUT2D eigenvalue weighted by Crippen LogP contribution is -2.52. The minimum absolute atomic E-state index is 0.410. The Morgan fingerprint density at radius 3 is 1.91 bits per heavy atom. The van der Waals surface area contributed by atoms with E-state index in [1.807, 2.05) is 60.7 Å². The molecule has 1 aliphatic heterocycles. The highest BCUT2D eigenvalue weighted by Crippen LogP contribution is 2.23. The third-order valence-electron chi connectivity index (χ3n) is 5.98. The van der Waals surface area contributed by atoms with Gasteiger partial charge in [-0.2, -0.15) is 0 Å². The molecule has 1 atom stereocenters. The van der Waals surface area contributed by atoms with Gasteiger partial charge >= 0.3 is 0 Å². The molecule has 5 rings (SSSR count). The second kappa shape index (κ2) is 10.1. The van der Waals surface area contributed by atoms with Crippen LogP contribution < -0.4 is 0 Å². The van der Waals surface area contributed by atoms with Gasteiger partial charge in [0.25, 0.3) is 0 Å². The maximum Gasteiger partial charge on any atom is 0.247 e. The Kier molecular flexibility index (Phi) is 6.55. The number of hydrogen-bond donors (Lipinski definition) is 0. The van der Waals surface area contributed by atoms with E-state index in [1.165, 1.54) is 0 Å². The molecule has 0 bridgehead atoms. The molecule has 0 amide bonds. The number of hydrogen-bond acceptors (Lipinski definition) is 8. The van der Waals surface area contributed by atoms with E-state index in [-0.39, 0.29) is 0 Å². The normalized spacial score (nSPS) is 17.4. The van der Waals surface area contributed by atoms with Crippen molar-refractivity contribution in [1.29, 1.82) is 0 Å². The smallest absolute Gasteiger partial charge is 0.247 e. The van der Waals surface area contributed by atoms with Crippen LogP contribution in [0.5, 0.6) is 0 Å². The third kappa shape index (κ3) is 5.18. The lowest BCUT2D eigenvalue weighted by molar-refractivity contribution is 0.0491. The molecule has 8 nitrogen and oxygen atoms in total. The molecule has 0 aliphatic carbocycles. The fraction of sp³-hybridized carbons (Fsp3) is 0.360. The second-order valence-electron chi connectivity index (χ2n) is 8.38. The van der Waals surface area contributed by atoms with Crippen LogP contribution in [0.2, 0.25) is 0 Å². The van der Waals surface area contributed by atoms with Gasteiger partial charge in [0.15, 0.2) is 0 Å². The molecular formula is C25H28N6O2. The van der Waals surface area contributed by atoms with Gasteiger partial charge in [-0.3, -0.25) is 9.80 Å². The molecule has 0 saturated carbocycles. The largest absolute Gasteiger partial charge is 0.419 e. The van der Waals surface area contributed by atoms with Crippen molar-refractivity contribution in [2.24, 2.45) is 0 Å². The first-order valence-corrected chi connectivity index (χ1v) is 11.5. The van der Waals surface area contributed by atoms with Crippen molar-refractivity contribution in [2.45, 2.75) is 38.9 Å². The van der Waals surface area contributed by atoms with Gasteiger partial charge < -0.3 is 8.83 Å². The zero-order valence-electron chi connectivity index (χ0n) is 18.8. The van der Waals surface area contributed by atoms with Gasteiger partial charge in [0, 0.05) is 36.8 Å². The summed E-state index contributed by atoms with van der Waals surface area (Å²) in [6, 6.07) is 20.2.